The third-order valence-electron chi connectivity index (χ3n) is 5.45. The maximum Gasteiger partial charge on any atom is 0.266 e. The summed E-state index contributed by atoms with van der Waals surface area (Å²) >= 11 is 1.30. The fourth-order valence-corrected chi connectivity index (χ4v) is 4.81. The molecule has 9 nitrogen and oxygen atoms in total. The van der Waals surface area contributed by atoms with Gasteiger partial charge in [0.25, 0.3) is 5.91 Å². The lowest BCUT2D eigenvalue weighted by atomic mass is 10.0. The van der Waals surface area contributed by atoms with Crippen LogP contribution in [0.1, 0.15) is 33.0 Å². The zero-order chi connectivity index (χ0) is 21.8. The van der Waals surface area contributed by atoms with E-state index in [0.717, 1.165) is 11.3 Å². The molecule has 1 amide bonds. The highest BCUT2D eigenvalue weighted by atomic mass is 32.1. The summed E-state index contributed by atoms with van der Waals surface area (Å²) in [5.74, 6) is -0.296. The van der Waals surface area contributed by atoms with E-state index in [0.29, 0.717) is 45.5 Å². The average Bonchev–Trinajstić information content (AvgIpc) is 3.57. The molecule has 0 saturated carbocycles. The van der Waals surface area contributed by atoms with Crippen LogP contribution < -0.4 is 0 Å². The number of hydrogen-bond acceptors (Lipinski definition) is 7. The molecule has 160 valence electrons. The third kappa shape index (κ3) is 3.01. The predicted octanol–water partition coefficient (Wildman–Crippen LogP) is 3.33. The lowest BCUT2D eigenvalue weighted by Gasteiger charge is -2.32. The quantitative estimate of drug-likeness (QED) is 0.453. The van der Waals surface area contributed by atoms with Gasteiger partial charge in [-0.3, -0.25) is 9.48 Å². The lowest BCUT2D eigenvalue weighted by molar-refractivity contribution is 0.0672. The molecule has 4 aromatic heterocycles. The largest absolute Gasteiger partial charge is 0.438 e. The van der Waals surface area contributed by atoms with Crippen molar-refractivity contribution in [1.82, 2.24) is 34.6 Å². The molecule has 5 aromatic rings. The number of fused-ring (bicyclic) bond motifs is 2. The molecule has 0 saturated heterocycles. The van der Waals surface area contributed by atoms with Crippen LogP contribution in [-0.2, 0) is 13.5 Å². The Kier molecular flexibility index (Phi) is 4.18. The molecular formula is C21H16FN7O2S. The molecular weight excluding hydrogens is 433 g/mol. The van der Waals surface area contributed by atoms with E-state index in [-0.39, 0.29) is 5.91 Å². The van der Waals surface area contributed by atoms with E-state index in [2.05, 4.69) is 25.0 Å². The van der Waals surface area contributed by atoms with E-state index in [4.69, 9.17) is 4.42 Å². The second kappa shape index (κ2) is 7.09. The first kappa shape index (κ1) is 18.9. The van der Waals surface area contributed by atoms with Crippen molar-refractivity contribution in [3.05, 3.63) is 71.1 Å². The summed E-state index contributed by atoms with van der Waals surface area (Å²) in [6.07, 6.45) is 7.37. The molecule has 32 heavy (non-hydrogen) atoms. The topological polar surface area (TPSA) is 106 Å². The molecule has 0 unspecified atom stereocenters. The third-order valence-corrected chi connectivity index (χ3v) is 6.49. The van der Waals surface area contributed by atoms with Gasteiger partial charge in [-0.1, -0.05) is 0 Å². The summed E-state index contributed by atoms with van der Waals surface area (Å²) in [5, 5.41) is 4.88. The number of aromatic nitrogens is 6. The number of aryl methyl sites for hydroxylation is 1. The van der Waals surface area contributed by atoms with Crippen molar-refractivity contribution in [2.75, 3.05) is 6.54 Å². The number of H-pyrrole nitrogens is 1. The number of thiazole rings is 1. The minimum atomic E-state index is -0.628. The molecule has 0 aliphatic carbocycles. The van der Waals surface area contributed by atoms with Crippen LogP contribution in [0, 0.1) is 5.82 Å². The predicted molar refractivity (Wildman–Crippen MR) is 113 cm³/mol. The van der Waals surface area contributed by atoms with Crippen LogP contribution in [0.3, 0.4) is 0 Å². The first-order valence-electron chi connectivity index (χ1n) is 9.91. The van der Waals surface area contributed by atoms with Gasteiger partial charge in [0.1, 0.15) is 21.2 Å². The Bertz CT molecular complexity index is 1470. The highest BCUT2D eigenvalue weighted by Gasteiger charge is 2.38. The first-order chi connectivity index (χ1) is 15.6. The smallest absolute Gasteiger partial charge is 0.266 e. The molecule has 1 atom stereocenters. The molecule has 0 bridgehead atoms. The second-order valence-corrected chi connectivity index (χ2v) is 8.54. The van der Waals surface area contributed by atoms with Crippen LogP contribution in [0.25, 0.3) is 21.7 Å². The van der Waals surface area contributed by atoms with Crippen LogP contribution >= 0.6 is 11.3 Å². The molecule has 5 heterocycles. The van der Waals surface area contributed by atoms with Gasteiger partial charge in [-0.05, 0) is 12.1 Å². The minimum Gasteiger partial charge on any atom is -0.438 e. The van der Waals surface area contributed by atoms with E-state index in [9.17, 15) is 9.18 Å². The van der Waals surface area contributed by atoms with Gasteiger partial charge in [-0.2, -0.15) is 5.10 Å². The first-order valence-corrected chi connectivity index (χ1v) is 10.7. The summed E-state index contributed by atoms with van der Waals surface area (Å²) in [6.45, 7) is 0.450. The van der Waals surface area contributed by atoms with Crippen molar-refractivity contribution < 1.29 is 13.6 Å². The van der Waals surface area contributed by atoms with E-state index < -0.39 is 11.9 Å². The van der Waals surface area contributed by atoms with E-state index in [1.165, 1.54) is 29.5 Å². The number of nitrogens with zero attached hydrogens (tertiary/aromatic N) is 6. The standard InChI is InChI=1S/C21H16FN7O2S/c1-28-9-11(7-26-28)20-23-8-16(32-20)21(30)29-5-4-13-17(25-10-24-13)18(29)19-27-14-6-12(22)2-3-15(14)31-19/h2-3,6-10,18H,4-5H2,1H3,(H,24,25)/t18-/m0/s1. The van der Waals surface area contributed by atoms with Crippen molar-refractivity contribution in [2.45, 2.75) is 12.5 Å². The maximum atomic E-state index is 13.7. The second-order valence-electron chi connectivity index (χ2n) is 7.51. The number of rotatable bonds is 3. The SMILES string of the molecule is Cn1cc(-c2ncc(C(=O)N3CCc4[nH]cnc4[C@H]3c3nc4cc(F)ccc4o3)s2)cn1. The van der Waals surface area contributed by atoms with Crippen molar-refractivity contribution >= 4 is 28.3 Å². The monoisotopic (exact) mass is 449 g/mol. The number of nitrogens with one attached hydrogen (secondary N) is 1. The molecule has 0 fully saturated rings. The van der Waals surface area contributed by atoms with Gasteiger partial charge in [0.2, 0.25) is 5.89 Å². The summed E-state index contributed by atoms with van der Waals surface area (Å²) in [7, 11) is 1.83. The Morgan fingerprint density at radius 2 is 2.22 bits per heavy atom. The molecule has 1 aliphatic rings. The summed E-state index contributed by atoms with van der Waals surface area (Å²) in [4.78, 5) is 32.2. The Morgan fingerprint density at radius 3 is 3.06 bits per heavy atom. The zero-order valence-electron chi connectivity index (χ0n) is 16.8. The van der Waals surface area contributed by atoms with Crippen molar-refractivity contribution in [3.63, 3.8) is 0 Å². The van der Waals surface area contributed by atoms with Gasteiger partial charge in [-0.15, -0.1) is 11.3 Å². The van der Waals surface area contributed by atoms with E-state index in [1.54, 1.807) is 28.3 Å². The number of benzene rings is 1. The fourth-order valence-electron chi connectivity index (χ4n) is 3.96. The maximum absolute atomic E-state index is 13.7. The normalized spacial score (nSPS) is 15.9. The number of halogens is 1. The zero-order valence-corrected chi connectivity index (χ0v) is 17.6. The number of amides is 1. The molecule has 1 N–H and O–H groups in total. The molecule has 0 spiro atoms. The van der Waals surface area contributed by atoms with Gasteiger partial charge in [-0.25, -0.2) is 19.3 Å². The van der Waals surface area contributed by atoms with Crippen molar-refractivity contribution in [3.8, 4) is 10.6 Å². The summed E-state index contributed by atoms with van der Waals surface area (Å²) < 4.78 is 21.3. The Morgan fingerprint density at radius 1 is 1.31 bits per heavy atom. The van der Waals surface area contributed by atoms with Crippen molar-refractivity contribution in [2.24, 2.45) is 7.05 Å². The highest BCUT2D eigenvalue weighted by Crippen LogP contribution is 2.36. The minimum absolute atomic E-state index is 0.190. The Balaban J connectivity index is 1.40. The molecule has 0 radical (unpaired) electrons. The molecule has 1 aliphatic heterocycles. The number of aromatic amines is 1. The van der Waals surface area contributed by atoms with Gasteiger partial charge < -0.3 is 14.3 Å². The van der Waals surface area contributed by atoms with Gasteiger partial charge in [0.15, 0.2) is 11.6 Å². The summed E-state index contributed by atoms with van der Waals surface area (Å²) in [6, 6.07) is 3.53. The molecule has 6 rings (SSSR count). The lowest BCUT2D eigenvalue weighted by Crippen LogP contribution is -2.40. The number of carbonyl (C=O) groups excluding carboxylic acids is 1. The number of imidazole rings is 1. The Hall–Kier alpha value is -3.86. The van der Waals surface area contributed by atoms with Crippen LogP contribution in [0.15, 0.2) is 47.5 Å². The van der Waals surface area contributed by atoms with Gasteiger partial charge in [0.05, 0.1) is 24.4 Å². The number of hydrogen-bond donors (Lipinski definition) is 1. The van der Waals surface area contributed by atoms with Gasteiger partial charge >= 0.3 is 0 Å². The molecule has 11 heteroatoms. The van der Waals surface area contributed by atoms with E-state index in [1.807, 2.05) is 13.2 Å². The van der Waals surface area contributed by atoms with Crippen LogP contribution in [0.5, 0.6) is 0 Å². The average molecular weight is 449 g/mol. The molecule has 1 aromatic carbocycles. The summed E-state index contributed by atoms with van der Waals surface area (Å²) in [5.41, 5.74) is 3.30. The number of carbonyl (C=O) groups is 1. The van der Waals surface area contributed by atoms with E-state index >= 15 is 0 Å². The van der Waals surface area contributed by atoms with Crippen LogP contribution in [-0.4, -0.2) is 47.1 Å². The van der Waals surface area contributed by atoms with Gasteiger partial charge in [0, 0.05) is 43.5 Å². The number of oxazole rings is 1. The van der Waals surface area contributed by atoms with Crippen LogP contribution in [0.4, 0.5) is 4.39 Å². The Labute approximate surface area is 184 Å². The van der Waals surface area contributed by atoms with Crippen LogP contribution in [0.2, 0.25) is 0 Å². The highest BCUT2D eigenvalue weighted by molar-refractivity contribution is 7.16. The van der Waals surface area contributed by atoms with Crippen molar-refractivity contribution in [1.29, 1.82) is 0 Å². The fraction of sp³-hybridized carbons (Fsp3) is 0.190.